The zero-order valence-electron chi connectivity index (χ0n) is 20.1. The van der Waals surface area contributed by atoms with Crippen molar-refractivity contribution in [2.24, 2.45) is 0 Å². The standard InChI is InChI=1S/C28H23N3O6/c1-36-19-6-8-24-22(13-19)23(32)14-28(37-24)9-11-30(16-28)25(33)17-5-7-20-21(12-17)27(35)31(26(20)34)15-18-4-2-3-10-29-18/h2-8,10,12-13H,9,11,14-16H2,1H3. The molecule has 1 fully saturated rings. The number of carbonyl (C=O) groups excluding carboxylic acids is 4. The Labute approximate surface area is 212 Å². The summed E-state index contributed by atoms with van der Waals surface area (Å²) in [7, 11) is 1.54. The number of amides is 3. The summed E-state index contributed by atoms with van der Waals surface area (Å²) in [5.41, 5.74) is 1.06. The molecule has 0 bridgehead atoms. The van der Waals surface area contributed by atoms with Crippen LogP contribution >= 0.6 is 0 Å². The van der Waals surface area contributed by atoms with Crippen molar-refractivity contribution in [2.75, 3.05) is 20.2 Å². The van der Waals surface area contributed by atoms with E-state index < -0.39 is 17.4 Å². The molecule has 0 saturated carbocycles. The number of aromatic nitrogens is 1. The van der Waals surface area contributed by atoms with Crippen LogP contribution in [-0.2, 0) is 6.54 Å². The molecule has 1 unspecified atom stereocenters. The van der Waals surface area contributed by atoms with Gasteiger partial charge in [0.25, 0.3) is 17.7 Å². The van der Waals surface area contributed by atoms with E-state index in [1.807, 2.05) is 0 Å². The van der Waals surface area contributed by atoms with Crippen molar-refractivity contribution in [1.29, 1.82) is 0 Å². The second-order valence-electron chi connectivity index (χ2n) is 9.50. The second-order valence-corrected chi connectivity index (χ2v) is 9.50. The van der Waals surface area contributed by atoms with Crippen LogP contribution in [0.4, 0.5) is 0 Å². The summed E-state index contributed by atoms with van der Waals surface area (Å²) in [6.07, 6.45) is 2.28. The predicted molar refractivity (Wildman–Crippen MR) is 131 cm³/mol. The Morgan fingerprint density at radius 3 is 2.65 bits per heavy atom. The lowest BCUT2D eigenvalue weighted by Crippen LogP contribution is -2.45. The molecule has 3 aliphatic rings. The van der Waals surface area contributed by atoms with E-state index in [2.05, 4.69) is 4.98 Å². The van der Waals surface area contributed by atoms with Gasteiger partial charge >= 0.3 is 0 Å². The van der Waals surface area contributed by atoms with Crippen LogP contribution in [0.2, 0.25) is 0 Å². The third-order valence-corrected chi connectivity index (χ3v) is 7.16. The zero-order chi connectivity index (χ0) is 25.7. The molecule has 0 N–H and O–H groups in total. The smallest absolute Gasteiger partial charge is 0.261 e. The summed E-state index contributed by atoms with van der Waals surface area (Å²) in [5.74, 6) is -0.122. The molecule has 4 heterocycles. The highest BCUT2D eigenvalue weighted by molar-refractivity contribution is 6.22. The number of hydrogen-bond acceptors (Lipinski definition) is 7. The van der Waals surface area contributed by atoms with Gasteiger partial charge in [-0.2, -0.15) is 0 Å². The number of ketones is 1. The third-order valence-electron chi connectivity index (χ3n) is 7.16. The lowest BCUT2D eigenvalue weighted by molar-refractivity contribution is 0.0427. The van der Waals surface area contributed by atoms with Crippen molar-refractivity contribution in [3.8, 4) is 11.5 Å². The average molecular weight is 498 g/mol. The fourth-order valence-electron chi connectivity index (χ4n) is 5.25. The number of benzene rings is 2. The number of imide groups is 1. The largest absolute Gasteiger partial charge is 0.497 e. The fourth-order valence-corrected chi connectivity index (χ4v) is 5.25. The van der Waals surface area contributed by atoms with E-state index in [4.69, 9.17) is 9.47 Å². The van der Waals surface area contributed by atoms with Gasteiger partial charge in [-0.05, 0) is 48.5 Å². The molecule has 1 atom stereocenters. The summed E-state index contributed by atoms with van der Waals surface area (Å²) >= 11 is 0. The molecule has 3 amide bonds. The molecule has 3 aromatic rings. The lowest BCUT2D eigenvalue weighted by Gasteiger charge is -2.34. The maximum absolute atomic E-state index is 13.4. The van der Waals surface area contributed by atoms with E-state index >= 15 is 0 Å². The van der Waals surface area contributed by atoms with Crippen LogP contribution in [0.1, 0.15) is 60.0 Å². The van der Waals surface area contributed by atoms with E-state index in [0.29, 0.717) is 41.3 Å². The summed E-state index contributed by atoms with van der Waals surface area (Å²) < 4.78 is 11.5. The molecule has 37 heavy (non-hydrogen) atoms. The van der Waals surface area contributed by atoms with Gasteiger partial charge in [-0.1, -0.05) is 6.07 Å². The first-order valence-corrected chi connectivity index (χ1v) is 12.0. The summed E-state index contributed by atoms with van der Waals surface area (Å²) in [4.78, 5) is 59.1. The average Bonchev–Trinajstić information content (AvgIpc) is 3.42. The molecule has 1 spiro atoms. The van der Waals surface area contributed by atoms with Crippen molar-refractivity contribution in [2.45, 2.75) is 25.0 Å². The number of pyridine rings is 1. The molecule has 9 heteroatoms. The monoisotopic (exact) mass is 497 g/mol. The topological polar surface area (TPSA) is 106 Å². The molecular formula is C28H23N3O6. The van der Waals surface area contributed by atoms with Crippen LogP contribution < -0.4 is 9.47 Å². The highest BCUT2D eigenvalue weighted by Crippen LogP contribution is 2.40. The van der Waals surface area contributed by atoms with Crippen molar-refractivity contribution in [1.82, 2.24) is 14.8 Å². The van der Waals surface area contributed by atoms with Gasteiger partial charge in [0.2, 0.25) is 0 Å². The number of rotatable bonds is 4. The van der Waals surface area contributed by atoms with Crippen molar-refractivity contribution >= 4 is 23.5 Å². The van der Waals surface area contributed by atoms with Gasteiger partial charge in [0, 0.05) is 24.7 Å². The maximum atomic E-state index is 13.4. The van der Waals surface area contributed by atoms with Gasteiger partial charge < -0.3 is 14.4 Å². The number of nitrogens with zero attached hydrogens (tertiary/aromatic N) is 3. The van der Waals surface area contributed by atoms with Crippen molar-refractivity contribution < 1.29 is 28.7 Å². The quantitative estimate of drug-likeness (QED) is 0.510. The van der Waals surface area contributed by atoms with E-state index in [0.717, 1.165) is 4.90 Å². The van der Waals surface area contributed by atoms with Crippen LogP contribution in [0.3, 0.4) is 0 Å². The summed E-state index contributed by atoms with van der Waals surface area (Å²) in [6, 6.07) is 15.0. The van der Waals surface area contributed by atoms with Crippen molar-refractivity contribution in [3.63, 3.8) is 0 Å². The normalized spacial score (nSPS) is 20.2. The van der Waals surface area contributed by atoms with Gasteiger partial charge in [-0.25, -0.2) is 0 Å². The number of carbonyl (C=O) groups is 4. The van der Waals surface area contributed by atoms with E-state index in [1.54, 1.807) is 53.6 Å². The number of fused-ring (bicyclic) bond motifs is 2. The molecule has 0 aliphatic carbocycles. The molecule has 186 valence electrons. The number of hydrogen-bond donors (Lipinski definition) is 0. The van der Waals surface area contributed by atoms with Crippen LogP contribution in [0.15, 0.2) is 60.8 Å². The minimum atomic E-state index is -0.795. The Hall–Kier alpha value is -4.53. The molecular weight excluding hydrogens is 474 g/mol. The molecule has 1 aromatic heterocycles. The first-order chi connectivity index (χ1) is 17.9. The highest BCUT2D eigenvalue weighted by Gasteiger charge is 2.47. The van der Waals surface area contributed by atoms with Gasteiger partial charge in [0.15, 0.2) is 5.78 Å². The first kappa shape index (κ1) is 22.9. The van der Waals surface area contributed by atoms with E-state index in [-0.39, 0.29) is 42.3 Å². The van der Waals surface area contributed by atoms with Crippen LogP contribution in [0.25, 0.3) is 0 Å². The van der Waals surface area contributed by atoms with Crippen LogP contribution in [0.5, 0.6) is 11.5 Å². The zero-order valence-corrected chi connectivity index (χ0v) is 20.1. The number of likely N-dealkylation sites (tertiary alicyclic amines) is 1. The SMILES string of the molecule is COc1ccc2c(c1)C(=O)CC1(CCN(C(=O)c3ccc4c(c3)C(=O)N(Cc3ccccn3)C4=O)C1)O2. The Bertz CT molecular complexity index is 1470. The second kappa shape index (κ2) is 8.55. The minimum Gasteiger partial charge on any atom is -0.497 e. The molecule has 6 rings (SSSR count). The van der Waals surface area contributed by atoms with E-state index in [1.165, 1.54) is 19.2 Å². The number of methoxy groups -OCH3 is 1. The molecule has 1 saturated heterocycles. The molecule has 9 nitrogen and oxygen atoms in total. The fraction of sp³-hybridized carbons (Fsp3) is 0.250. The molecule has 3 aliphatic heterocycles. The van der Waals surface area contributed by atoms with Crippen LogP contribution in [-0.4, -0.2) is 64.1 Å². The summed E-state index contributed by atoms with van der Waals surface area (Å²) in [6.45, 7) is 0.718. The predicted octanol–water partition coefficient (Wildman–Crippen LogP) is 3.14. The Balaban J connectivity index is 1.20. The van der Waals surface area contributed by atoms with Crippen LogP contribution in [0, 0.1) is 0 Å². The van der Waals surface area contributed by atoms with E-state index in [9.17, 15) is 19.2 Å². The maximum Gasteiger partial charge on any atom is 0.261 e. The lowest BCUT2D eigenvalue weighted by atomic mass is 9.89. The Kier molecular flexibility index (Phi) is 5.29. The number of ether oxygens (including phenoxy) is 2. The number of Topliss-reactive ketones (excluding diaryl/α,β-unsaturated/α-hetero) is 1. The Morgan fingerprint density at radius 2 is 1.86 bits per heavy atom. The van der Waals surface area contributed by atoms with Gasteiger partial charge in [0.1, 0.15) is 17.1 Å². The third kappa shape index (κ3) is 3.83. The highest BCUT2D eigenvalue weighted by atomic mass is 16.5. The molecule has 0 radical (unpaired) electrons. The summed E-state index contributed by atoms with van der Waals surface area (Å²) in [5, 5.41) is 0. The first-order valence-electron chi connectivity index (χ1n) is 12.0. The van der Waals surface area contributed by atoms with Crippen molar-refractivity contribution in [3.05, 3.63) is 88.7 Å². The minimum absolute atomic E-state index is 0.0518. The van der Waals surface area contributed by atoms with Gasteiger partial charge in [0.05, 0.1) is 49.0 Å². The van der Waals surface area contributed by atoms with Gasteiger partial charge in [-0.15, -0.1) is 0 Å². The van der Waals surface area contributed by atoms with Gasteiger partial charge in [-0.3, -0.25) is 29.1 Å². The Morgan fingerprint density at radius 1 is 1.03 bits per heavy atom. The molecule has 2 aromatic carbocycles.